The quantitative estimate of drug-likeness (QED) is 0.734. The summed E-state index contributed by atoms with van der Waals surface area (Å²) in [6, 6.07) is 0.432. The third-order valence-electron chi connectivity index (χ3n) is 2.47. The molecule has 1 heterocycles. The minimum Gasteiger partial charge on any atom is -0.392 e. The van der Waals surface area contributed by atoms with Crippen molar-refractivity contribution in [3.05, 3.63) is 0 Å². The number of likely N-dealkylation sites (tertiary alicyclic amines) is 1. The Hall–Kier alpha value is -0.260. The fourth-order valence-corrected chi connectivity index (χ4v) is 2.10. The van der Waals surface area contributed by atoms with Gasteiger partial charge in [-0.15, -0.1) is 0 Å². The first-order valence-corrected chi connectivity index (χ1v) is 5.42. The van der Waals surface area contributed by atoms with Gasteiger partial charge < -0.3 is 10.4 Å². The first kappa shape index (κ1) is 12.8. The lowest BCUT2D eigenvalue weighted by Crippen LogP contribution is -2.53. The largest absolute Gasteiger partial charge is 0.392 e. The van der Waals surface area contributed by atoms with E-state index < -0.39 is 12.5 Å². The van der Waals surface area contributed by atoms with E-state index in [0.29, 0.717) is 25.6 Å². The van der Waals surface area contributed by atoms with E-state index in [1.54, 1.807) is 4.90 Å². The third-order valence-corrected chi connectivity index (χ3v) is 2.47. The summed E-state index contributed by atoms with van der Waals surface area (Å²) in [5.74, 6) is 0. The number of aliphatic hydroxyl groups excluding tert-OH is 1. The molecule has 0 aromatic rings. The topological polar surface area (TPSA) is 35.5 Å². The van der Waals surface area contributed by atoms with Gasteiger partial charge in [0.25, 0.3) is 6.43 Å². The van der Waals surface area contributed by atoms with Gasteiger partial charge in [0.1, 0.15) is 0 Å². The first-order chi connectivity index (χ1) is 6.97. The first-order valence-electron chi connectivity index (χ1n) is 5.42. The maximum absolute atomic E-state index is 12.2. The molecule has 0 aromatic heterocycles. The van der Waals surface area contributed by atoms with Crippen LogP contribution in [-0.4, -0.2) is 54.3 Å². The number of rotatable bonds is 4. The third kappa shape index (κ3) is 4.86. The van der Waals surface area contributed by atoms with Crippen LogP contribution in [0.5, 0.6) is 0 Å². The Morgan fingerprint density at radius 2 is 2.07 bits per heavy atom. The highest BCUT2D eigenvalue weighted by Gasteiger charge is 2.27. The van der Waals surface area contributed by atoms with E-state index in [9.17, 15) is 13.9 Å². The Bertz CT molecular complexity index is 168. The van der Waals surface area contributed by atoms with Gasteiger partial charge in [-0.1, -0.05) is 13.8 Å². The zero-order chi connectivity index (χ0) is 11.4. The van der Waals surface area contributed by atoms with Crippen molar-refractivity contribution in [1.82, 2.24) is 10.2 Å². The second-order valence-corrected chi connectivity index (χ2v) is 4.52. The predicted octanol–water partition coefficient (Wildman–Crippen LogP) is 0.685. The molecule has 2 atom stereocenters. The zero-order valence-electron chi connectivity index (χ0n) is 9.29. The van der Waals surface area contributed by atoms with E-state index >= 15 is 0 Å². The van der Waals surface area contributed by atoms with Crippen LogP contribution >= 0.6 is 0 Å². The van der Waals surface area contributed by atoms with Crippen molar-refractivity contribution < 1.29 is 13.9 Å². The summed E-state index contributed by atoms with van der Waals surface area (Å²) >= 11 is 0. The fraction of sp³-hybridized carbons (Fsp3) is 1.00. The molecular formula is C10H20F2N2O. The lowest BCUT2D eigenvalue weighted by atomic mass is 10.0. The summed E-state index contributed by atoms with van der Waals surface area (Å²) in [4.78, 5) is 1.62. The van der Waals surface area contributed by atoms with E-state index in [1.165, 1.54) is 0 Å². The predicted molar refractivity (Wildman–Crippen MR) is 55.1 cm³/mol. The summed E-state index contributed by atoms with van der Waals surface area (Å²) in [6.45, 7) is 4.74. The van der Waals surface area contributed by atoms with Crippen LogP contribution in [0.2, 0.25) is 0 Å². The maximum atomic E-state index is 12.2. The molecule has 3 nitrogen and oxygen atoms in total. The van der Waals surface area contributed by atoms with Crippen molar-refractivity contribution in [2.75, 3.05) is 19.6 Å². The van der Waals surface area contributed by atoms with Gasteiger partial charge in [-0.05, 0) is 6.42 Å². The molecule has 0 aliphatic carbocycles. The van der Waals surface area contributed by atoms with Gasteiger partial charge in [-0.2, -0.15) is 0 Å². The average molecular weight is 222 g/mol. The number of β-amino-alcohol motifs (C(OH)–C–C–N with tert-alkyl or cyclic N) is 1. The Kier molecular flexibility index (Phi) is 4.89. The molecule has 1 aliphatic heterocycles. The van der Waals surface area contributed by atoms with Crippen LogP contribution in [-0.2, 0) is 0 Å². The molecule has 0 spiro atoms. The number of piperidine rings is 1. The number of hydrogen-bond donors (Lipinski definition) is 2. The molecule has 0 radical (unpaired) electrons. The van der Waals surface area contributed by atoms with Crippen molar-refractivity contribution in [3.8, 4) is 0 Å². The van der Waals surface area contributed by atoms with Gasteiger partial charge in [-0.25, -0.2) is 8.78 Å². The molecule has 0 bridgehead atoms. The molecule has 0 aromatic carbocycles. The highest BCUT2D eigenvalue weighted by atomic mass is 19.3. The van der Waals surface area contributed by atoms with E-state index in [2.05, 4.69) is 5.32 Å². The lowest BCUT2D eigenvalue weighted by molar-refractivity contribution is 0.0151. The second kappa shape index (κ2) is 5.72. The zero-order valence-corrected chi connectivity index (χ0v) is 9.29. The molecule has 0 saturated carbocycles. The number of nitrogens with one attached hydrogen (secondary N) is 1. The highest BCUT2D eigenvalue weighted by molar-refractivity contribution is 4.84. The SMILES string of the molecule is CC(C)NC1CC(O)CN(CC(F)F)C1. The molecule has 1 saturated heterocycles. The molecule has 15 heavy (non-hydrogen) atoms. The number of halogens is 2. The number of aliphatic hydroxyl groups is 1. The minimum atomic E-state index is -2.32. The lowest BCUT2D eigenvalue weighted by Gasteiger charge is -2.36. The van der Waals surface area contributed by atoms with Gasteiger partial charge in [0.15, 0.2) is 0 Å². The smallest absolute Gasteiger partial charge is 0.251 e. The molecule has 90 valence electrons. The summed E-state index contributed by atoms with van der Waals surface area (Å²) < 4.78 is 24.4. The highest BCUT2D eigenvalue weighted by Crippen LogP contribution is 2.12. The summed E-state index contributed by atoms with van der Waals surface area (Å²) in [5.41, 5.74) is 0. The minimum absolute atomic E-state index is 0.118. The van der Waals surface area contributed by atoms with Crippen LogP contribution in [0, 0.1) is 0 Å². The van der Waals surface area contributed by atoms with Crippen LogP contribution in [0.15, 0.2) is 0 Å². The van der Waals surface area contributed by atoms with Crippen molar-refractivity contribution in [2.24, 2.45) is 0 Å². The summed E-state index contributed by atoms with van der Waals surface area (Å²) in [5, 5.41) is 12.8. The Labute approximate surface area is 89.5 Å². The average Bonchev–Trinajstić information content (AvgIpc) is 1.98. The van der Waals surface area contributed by atoms with Crippen LogP contribution in [0.4, 0.5) is 8.78 Å². The number of hydrogen-bond acceptors (Lipinski definition) is 3. The van der Waals surface area contributed by atoms with Gasteiger partial charge in [0, 0.05) is 25.2 Å². The fourth-order valence-electron chi connectivity index (χ4n) is 2.10. The molecular weight excluding hydrogens is 202 g/mol. The Morgan fingerprint density at radius 1 is 1.40 bits per heavy atom. The van der Waals surface area contributed by atoms with Crippen molar-refractivity contribution in [2.45, 2.75) is 44.9 Å². The van der Waals surface area contributed by atoms with E-state index in [1.807, 2.05) is 13.8 Å². The molecule has 1 aliphatic rings. The molecule has 1 rings (SSSR count). The molecule has 2 unspecified atom stereocenters. The molecule has 5 heteroatoms. The van der Waals surface area contributed by atoms with Gasteiger partial charge in [-0.3, -0.25) is 4.90 Å². The normalized spacial score (nSPS) is 29.0. The second-order valence-electron chi connectivity index (χ2n) is 4.52. The maximum Gasteiger partial charge on any atom is 0.251 e. The molecule has 0 amide bonds. The van der Waals surface area contributed by atoms with Crippen molar-refractivity contribution >= 4 is 0 Å². The van der Waals surface area contributed by atoms with E-state index in [0.717, 1.165) is 0 Å². The molecule has 1 fully saturated rings. The van der Waals surface area contributed by atoms with Crippen molar-refractivity contribution in [1.29, 1.82) is 0 Å². The van der Waals surface area contributed by atoms with Crippen LogP contribution in [0.1, 0.15) is 20.3 Å². The monoisotopic (exact) mass is 222 g/mol. The van der Waals surface area contributed by atoms with Crippen LogP contribution in [0.3, 0.4) is 0 Å². The Balaban J connectivity index is 2.41. The summed E-state index contributed by atoms with van der Waals surface area (Å²) in [7, 11) is 0. The van der Waals surface area contributed by atoms with E-state index in [-0.39, 0.29) is 12.6 Å². The van der Waals surface area contributed by atoms with Crippen LogP contribution in [0.25, 0.3) is 0 Å². The molecule has 2 N–H and O–H groups in total. The van der Waals surface area contributed by atoms with Gasteiger partial charge >= 0.3 is 0 Å². The van der Waals surface area contributed by atoms with Gasteiger partial charge in [0.05, 0.1) is 12.6 Å². The number of alkyl halides is 2. The summed E-state index contributed by atoms with van der Waals surface area (Å²) in [6.07, 6.45) is -2.17. The number of nitrogens with zero attached hydrogens (tertiary/aromatic N) is 1. The van der Waals surface area contributed by atoms with Crippen LogP contribution < -0.4 is 5.32 Å². The van der Waals surface area contributed by atoms with E-state index in [4.69, 9.17) is 0 Å². The van der Waals surface area contributed by atoms with Crippen molar-refractivity contribution in [3.63, 3.8) is 0 Å². The standard InChI is InChI=1S/C10H20F2N2O/c1-7(2)13-8-3-9(15)5-14(4-8)6-10(11)12/h7-10,13,15H,3-6H2,1-2H3. The Morgan fingerprint density at radius 3 is 2.60 bits per heavy atom. The van der Waals surface area contributed by atoms with Gasteiger partial charge in [0.2, 0.25) is 0 Å².